The fraction of sp³-hybridized carbons (Fsp3) is 0.375. The fourth-order valence-corrected chi connectivity index (χ4v) is 2.11. The van der Waals surface area contributed by atoms with E-state index in [9.17, 15) is 4.79 Å². The molecular weight excluding hydrogens is 264 g/mol. The van der Waals surface area contributed by atoms with E-state index in [0.29, 0.717) is 12.1 Å². The number of aryl methyl sites for hydroxylation is 1. The number of anilines is 1. The van der Waals surface area contributed by atoms with Gasteiger partial charge >= 0.3 is 0 Å². The van der Waals surface area contributed by atoms with E-state index in [1.54, 1.807) is 10.9 Å². The molecule has 0 aliphatic carbocycles. The number of amides is 1. The van der Waals surface area contributed by atoms with Crippen LogP contribution >= 0.6 is 0 Å². The van der Waals surface area contributed by atoms with Crippen molar-refractivity contribution in [2.75, 3.05) is 18.5 Å². The second-order valence-electron chi connectivity index (χ2n) is 5.27. The van der Waals surface area contributed by atoms with Gasteiger partial charge in [-0.2, -0.15) is 5.10 Å². The second-order valence-corrected chi connectivity index (χ2v) is 5.27. The van der Waals surface area contributed by atoms with E-state index in [2.05, 4.69) is 34.4 Å². The number of nitrogens with one attached hydrogen (secondary N) is 1. The van der Waals surface area contributed by atoms with Gasteiger partial charge in [0.25, 0.3) is 5.91 Å². The summed E-state index contributed by atoms with van der Waals surface area (Å²) in [7, 11) is 3.86. The lowest BCUT2D eigenvalue weighted by molar-refractivity contribution is 0.0951. The van der Waals surface area contributed by atoms with Crippen LogP contribution in [-0.4, -0.2) is 35.3 Å². The Morgan fingerprint density at radius 2 is 2.05 bits per heavy atom. The van der Waals surface area contributed by atoms with Crippen molar-refractivity contribution < 1.29 is 4.79 Å². The van der Waals surface area contributed by atoms with Crippen molar-refractivity contribution in [1.82, 2.24) is 15.1 Å². The lowest BCUT2D eigenvalue weighted by Gasteiger charge is -2.27. The number of carbonyl (C=O) groups excluding carboxylic acids is 1. The Hall–Kier alpha value is -2.30. The van der Waals surface area contributed by atoms with E-state index in [4.69, 9.17) is 0 Å². The third-order valence-electron chi connectivity index (χ3n) is 3.86. The van der Waals surface area contributed by atoms with Crippen LogP contribution in [0, 0.1) is 6.92 Å². The highest BCUT2D eigenvalue weighted by atomic mass is 16.1. The van der Waals surface area contributed by atoms with E-state index in [1.807, 2.05) is 39.2 Å². The predicted octanol–water partition coefficient (Wildman–Crippen LogP) is 1.98. The van der Waals surface area contributed by atoms with Gasteiger partial charge < -0.3 is 10.2 Å². The third-order valence-corrected chi connectivity index (χ3v) is 3.86. The molecule has 1 N–H and O–H groups in total. The molecule has 5 heteroatoms. The van der Waals surface area contributed by atoms with Crippen molar-refractivity contribution in [3.05, 3.63) is 47.8 Å². The number of hydrogen-bond acceptors (Lipinski definition) is 3. The van der Waals surface area contributed by atoms with Gasteiger partial charge in [-0.25, -0.2) is 0 Å². The summed E-state index contributed by atoms with van der Waals surface area (Å²) in [5.74, 6) is -0.0751. The van der Waals surface area contributed by atoms with Crippen molar-refractivity contribution >= 4 is 11.6 Å². The molecule has 0 saturated heterocycles. The summed E-state index contributed by atoms with van der Waals surface area (Å²) in [5, 5.41) is 7.06. The molecule has 1 amide bonds. The first-order valence-corrected chi connectivity index (χ1v) is 7.05. The molecular formula is C16H22N4O. The molecule has 5 nitrogen and oxygen atoms in total. The molecule has 0 radical (unpaired) electrons. The molecule has 0 unspecified atom stereocenters. The average Bonchev–Trinajstić information content (AvgIpc) is 2.84. The summed E-state index contributed by atoms with van der Waals surface area (Å²) >= 11 is 0. The highest BCUT2D eigenvalue weighted by Gasteiger charge is 2.15. The summed E-state index contributed by atoms with van der Waals surface area (Å²) in [6, 6.07) is 10.3. The maximum absolute atomic E-state index is 12.2. The minimum absolute atomic E-state index is 0.0751. The minimum atomic E-state index is -0.0751. The Morgan fingerprint density at radius 1 is 1.38 bits per heavy atom. The van der Waals surface area contributed by atoms with Crippen molar-refractivity contribution in [3.63, 3.8) is 0 Å². The molecule has 0 spiro atoms. The Balaban J connectivity index is 1.93. The summed E-state index contributed by atoms with van der Waals surface area (Å²) in [5.41, 5.74) is 2.64. The molecule has 2 aromatic rings. The fourth-order valence-electron chi connectivity index (χ4n) is 2.11. The first-order valence-electron chi connectivity index (χ1n) is 7.05. The molecule has 1 heterocycles. The molecule has 0 aliphatic heterocycles. The van der Waals surface area contributed by atoms with Crippen molar-refractivity contribution in [3.8, 4) is 0 Å². The van der Waals surface area contributed by atoms with Crippen LogP contribution in [0.2, 0.25) is 0 Å². The zero-order valence-corrected chi connectivity index (χ0v) is 13.0. The van der Waals surface area contributed by atoms with Gasteiger partial charge in [-0.3, -0.25) is 9.48 Å². The minimum Gasteiger partial charge on any atom is -0.370 e. The van der Waals surface area contributed by atoms with Crippen molar-refractivity contribution in [2.24, 2.45) is 7.05 Å². The van der Waals surface area contributed by atoms with Gasteiger partial charge in [-0.1, -0.05) is 18.2 Å². The number of benzene rings is 1. The lowest BCUT2D eigenvalue weighted by atomic mass is 10.2. The number of para-hydroxylation sites is 1. The van der Waals surface area contributed by atoms with Gasteiger partial charge in [0.1, 0.15) is 0 Å². The van der Waals surface area contributed by atoms with Gasteiger partial charge in [0.2, 0.25) is 0 Å². The molecule has 0 fully saturated rings. The summed E-state index contributed by atoms with van der Waals surface area (Å²) < 4.78 is 1.70. The molecule has 0 aliphatic rings. The zero-order valence-electron chi connectivity index (χ0n) is 13.0. The molecule has 112 valence electrons. The molecule has 1 aromatic heterocycles. The Labute approximate surface area is 125 Å². The normalized spacial score (nSPS) is 12.0. The lowest BCUT2D eigenvalue weighted by Crippen LogP contribution is -2.40. The number of hydrogen-bond donors (Lipinski definition) is 1. The summed E-state index contributed by atoms with van der Waals surface area (Å²) in [6.45, 7) is 4.56. The van der Waals surface area contributed by atoms with Gasteiger partial charge in [0.15, 0.2) is 0 Å². The number of nitrogens with zero attached hydrogens (tertiary/aromatic N) is 3. The van der Waals surface area contributed by atoms with Crippen LogP contribution in [0.15, 0.2) is 36.5 Å². The first-order chi connectivity index (χ1) is 10.0. The van der Waals surface area contributed by atoms with Gasteiger partial charge in [-0.05, 0) is 26.0 Å². The predicted molar refractivity (Wildman–Crippen MR) is 84.6 cm³/mol. The van der Waals surface area contributed by atoms with Crippen LogP contribution in [0.3, 0.4) is 0 Å². The first kappa shape index (κ1) is 15.1. The molecule has 21 heavy (non-hydrogen) atoms. The Bertz CT molecular complexity index is 606. The van der Waals surface area contributed by atoms with Crippen molar-refractivity contribution in [1.29, 1.82) is 0 Å². The number of aromatic nitrogens is 2. The zero-order chi connectivity index (χ0) is 15.4. The summed E-state index contributed by atoms with van der Waals surface area (Å²) in [4.78, 5) is 14.3. The standard InChI is InChI=1S/C16H22N4O/c1-12(19(3)14-8-6-5-7-9-14)10-17-16(21)15-11-18-20(4)13(15)2/h5-9,11-12H,10H2,1-4H3,(H,17,21)/t12-/m0/s1. The largest absolute Gasteiger partial charge is 0.370 e. The van der Waals surface area contributed by atoms with E-state index in [1.165, 1.54) is 0 Å². The van der Waals surface area contributed by atoms with Crippen molar-refractivity contribution in [2.45, 2.75) is 19.9 Å². The maximum atomic E-state index is 12.2. The van der Waals surface area contributed by atoms with Gasteiger partial charge in [0.05, 0.1) is 11.8 Å². The molecule has 2 rings (SSSR count). The van der Waals surface area contributed by atoms with E-state index >= 15 is 0 Å². The van der Waals surface area contributed by atoms with Crippen LogP contribution in [-0.2, 0) is 7.05 Å². The summed E-state index contributed by atoms with van der Waals surface area (Å²) in [6.07, 6.45) is 1.61. The number of likely N-dealkylation sites (N-methyl/N-ethyl adjacent to an activating group) is 1. The van der Waals surface area contributed by atoms with E-state index in [-0.39, 0.29) is 11.9 Å². The maximum Gasteiger partial charge on any atom is 0.254 e. The highest BCUT2D eigenvalue weighted by molar-refractivity contribution is 5.95. The molecule has 0 saturated carbocycles. The highest BCUT2D eigenvalue weighted by Crippen LogP contribution is 2.13. The SMILES string of the molecule is Cc1c(C(=O)NC[C@H](C)N(C)c2ccccc2)cnn1C. The molecule has 1 aromatic carbocycles. The topological polar surface area (TPSA) is 50.2 Å². The Kier molecular flexibility index (Phi) is 4.62. The van der Waals surface area contributed by atoms with Gasteiger partial charge in [0, 0.05) is 38.1 Å². The molecule has 1 atom stereocenters. The third kappa shape index (κ3) is 3.42. The van der Waals surface area contributed by atoms with Crippen LogP contribution in [0.5, 0.6) is 0 Å². The Morgan fingerprint density at radius 3 is 2.62 bits per heavy atom. The smallest absolute Gasteiger partial charge is 0.254 e. The van der Waals surface area contributed by atoms with Crippen LogP contribution < -0.4 is 10.2 Å². The van der Waals surface area contributed by atoms with E-state index in [0.717, 1.165) is 11.4 Å². The quantitative estimate of drug-likeness (QED) is 0.914. The average molecular weight is 286 g/mol. The second kappa shape index (κ2) is 6.43. The van der Waals surface area contributed by atoms with E-state index < -0.39 is 0 Å². The van der Waals surface area contributed by atoms with Crippen LogP contribution in [0.4, 0.5) is 5.69 Å². The number of rotatable bonds is 5. The van der Waals surface area contributed by atoms with Gasteiger partial charge in [-0.15, -0.1) is 0 Å². The monoisotopic (exact) mass is 286 g/mol. The van der Waals surface area contributed by atoms with Crippen LogP contribution in [0.25, 0.3) is 0 Å². The molecule has 0 bridgehead atoms. The van der Waals surface area contributed by atoms with Crippen LogP contribution in [0.1, 0.15) is 23.0 Å². The number of carbonyl (C=O) groups is 1.